The molecule has 32 heavy (non-hydrogen) atoms. The van der Waals surface area contributed by atoms with Crippen LogP contribution < -0.4 is 4.57 Å². The zero-order valence-corrected chi connectivity index (χ0v) is 21.9. The smallest absolute Gasteiger partial charge is 0.224 e. The van der Waals surface area contributed by atoms with Crippen molar-refractivity contribution in [3.8, 4) is 0 Å². The Bertz CT molecular complexity index is 508. The van der Waals surface area contributed by atoms with Gasteiger partial charge in [0.05, 0.1) is 18.1 Å². The van der Waals surface area contributed by atoms with E-state index in [1.165, 1.54) is 116 Å². The van der Waals surface area contributed by atoms with E-state index in [4.69, 9.17) is 9.47 Å². The van der Waals surface area contributed by atoms with Crippen molar-refractivity contribution in [1.29, 1.82) is 0 Å². The Morgan fingerprint density at radius 1 is 0.844 bits per heavy atom. The molecule has 0 aliphatic carbocycles. The van der Waals surface area contributed by atoms with Crippen molar-refractivity contribution in [2.45, 2.75) is 135 Å². The normalized spacial score (nSPS) is 18.5. The molecule has 0 unspecified atom stereocenters. The van der Waals surface area contributed by atoms with Crippen molar-refractivity contribution >= 4 is 11.3 Å². The standard InChI is InChI=1S/C28H52NO2S/c1-2-3-4-5-6-7-8-9-10-11-12-15-18-27-23-28(31-24-27)25-30-21-17-14-13-16-19-29-20-22-32-26-29/h20,22,26-28H,2-19,21,23-25H2,1H3/q+1/t27-,28-/m0/s1. The Morgan fingerprint density at radius 2 is 1.50 bits per heavy atom. The lowest BCUT2D eigenvalue weighted by atomic mass is 9.97. The summed E-state index contributed by atoms with van der Waals surface area (Å²) in [5.74, 6) is 0.779. The predicted octanol–water partition coefficient (Wildman–Crippen LogP) is 8.11. The van der Waals surface area contributed by atoms with Crippen LogP contribution in [0, 0.1) is 5.92 Å². The van der Waals surface area contributed by atoms with Gasteiger partial charge in [-0.15, -0.1) is 0 Å². The first-order chi connectivity index (χ1) is 15.9. The number of nitrogens with zero attached hydrogens (tertiary/aromatic N) is 1. The number of aryl methyl sites for hydroxylation is 1. The van der Waals surface area contributed by atoms with Gasteiger partial charge in [0.25, 0.3) is 0 Å². The molecular weight excluding hydrogens is 414 g/mol. The minimum atomic E-state index is 0.354. The van der Waals surface area contributed by atoms with Crippen LogP contribution in [0.2, 0.25) is 0 Å². The van der Waals surface area contributed by atoms with E-state index in [9.17, 15) is 0 Å². The summed E-state index contributed by atoms with van der Waals surface area (Å²) in [5.41, 5.74) is 2.19. The van der Waals surface area contributed by atoms with Gasteiger partial charge in [-0.1, -0.05) is 102 Å². The third-order valence-corrected chi connectivity index (χ3v) is 7.59. The molecule has 1 saturated heterocycles. The first-order valence-electron chi connectivity index (χ1n) is 14.0. The summed E-state index contributed by atoms with van der Waals surface area (Å²) in [4.78, 5) is 0. The minimum Gasteiger partial charge on any atom is -0.379 e. The van der Waals surface area contributed by atoms with Crippen LogP contribution in [-0.4, -0.2) is 25.9 Å². The Kier molecular flexibility index (Phi) is 17.3. The van der Waals surface area contributed by atoms with Crippen LogP contribution in [0.3, 0.4) is 0 Å². The van der Waals surface area contributed by atoms with Crippen LogP contribution in [0.25, 0.3) is 0 Å². The topological polar surface area (TPSA) is 22.3 Å². The third kappa shape index (κ3) is 14.6. The van der Waals surface area contributed by atoms with E-state index >= 15 is 0 Å². The molecule has 1 fully saturated rings. The van der Waals surface area contributed by atoms with Crippen LogP contribution in [0.4, 0.5) is 0 Å². The first-order valence-corrected chi connectivity index (χ1v) is 14.9. The van der Waals surface area contributed by atoms with Gasteiger partial charge < -0.3 is 9.47 Å². The van der Waals surface area contributed by atoms with Gasteiger partial charge in [-0.3, -0.25) is 0 Å². The summed E-state index contributed by atoms with van der Waals surface area (Å²) in [6, 6.07) is 0. The molecule has 3 nitrogen and oxygen atoms in total. The van der Waals surface area contributed by atoms with E-state index in [0.717, 1.165) is 32.3 Å². The van der Waals surface area contributed by atoms with Gasteiger partial charge in [0.1, 0.15) is 6.54 Å². The molecule has 0 radical (unpaired) electrons. The molecule has 0 aromatic carbocycles. The Hall–Kier alpha value is -0.450. The molecule has 2 atom stereocenters. The summed E-state index contributed by atoms with van der Waals surface area (Å²) >= 11 is 1.77. The van der Waals surface area contributed by atoms with Crippen molar-refractivity contribution in [3.63, 3.8) is 0 Å². The monoisotopic (exact) mass is 466 g/mol. The quantitative estimate of drug-likeness (QED) is 0.127. The van der Waals surface area contributed by atoms with Crippen molar-refractivity contribution < 1.29 is 14.0 Å². The first kappa shape index (κ1) is 27.8. The maximum Gasteiger partial charge on any atom is 0.224 e. The molecule has 0 amide bonds. The van der Waals surface area contributed by atoms with E-state index < -0.39 is 0 Å². The van der Waals surface area contributed by atoms with Gasteiger partial charge in [0.2, 0.25) is 5.51 Å². The molecule has 1 aliphatic heterocycles. The summed E-state index contributed by atoms with van der Waals surface area (Å²) < 4.78 is 14.2. The Morgan fingerprint density at radius 3 is 2.19 bits per heavy atom. The van der Waals surface area contributed by atoms with Gasteiger partial charge in [-0.05, 0) is 31.6 Å². The van der Waals surface area contributed by atoms with Crippen LogP contribution in [0.1, 0.15) is 122 Å². The molecule has 1 aromatic heterocycles. The molecule has 0 bridgehead atoms. The van der Waals surface area contributed by atoms with Crippen LogP contribution in [-0.2, 0) is 16.0 Å². The highest BCUT2D eigenvalue weighted by Gasteiger charge is 2.24. The van der Waals surface area contributed by atoms with Gasteiger partial charge in [-0.25, -0.2) is 0 Å². The van der Waals surface area contributed by atoms with Crippen molar-refractivity contribution in [2.75, 3.05) is 19.8 Å². The number of thiazole rings is 1. The highest BCUT2D eigenvalue weighted by Crippen LogP contribution is 2.25. The minimum absolute atomic E-state index is 0.354. The fraction of sp³-hybridized carbons (Fsp3) is 0.893. The summed E-state index contributed by atoms with van der Waals surface area (Å²) in [5, 5.41) is 2.14. The molecular formula is C28H52NO2S+. The Labute approximate surface area is 203 Å². The van der Waals surface area contributed by atoms with E-state index in [2.05, 4.69) is 28.6 Å². The lowest BCUT2D eigenvalue weighted by molar-refractivity contribution is -0.692. The van der Waals surface area contributed by atoms with Crippen molar-refractivity contribution in [3.05, 3.63) is 17.1 Å². The Balaban J connectivity index is 1.28. The van der Waals surface area contributed by atoms with E-state index in [-0.39, 0.29) is 0 Å². The highest BCUT2D eigenvalue weighted by molar-refractivity contribution is 7.07. The highest BCUT2D eigenvalue weighted by atomic mass is 32.1. The molecule has 2 heterocycles. The fourth-order valence-electron chi connectivity index (χ4n) is 4.83. The van der Waals surface area contributed by atoms with Crippen LogP contribution in [0.15, 0.2) is 17.1 Å². The van der Waals surface area contributed by atoms with Crippen LogP contribution >= 0.6 is 11.3 Å². The lowest BCUT2D eigenvalue weighted by Gasteiger charge is -2.10. The second-order valence-corrected chi connectivity index (χ2v) is 10.7. The fourth-order valence-corrected chi connectivity index (χ4v) is 5.46. The van der Waals surface area contributed by atoms with Crippen molar-refractivity contribution in [1.82, 2.24) is 0 Å². The second kappa shape index (κ2) is 20.0. The number of ether oxygens (including phenoxy) is 2. The molecule has 0 saturated carbocycles. The average molecular weight is 467 g/mol. The summed E-state index contributed by atoms with van der Waals surface area (Å²) in [6.07, 6.45) is 27.3. The molecule has 0 spiro atoms. The molecule has 0 N–H and O–H groups in total. The summed E-state index contributed by atoms with van der Waals surface area (Å²) in [6.45, 7) is 6.12. The van der Waals surface area contributed by atoms with E-state index in [1.807, 2.05) is 0 Å². The van der Waals surface area contributed by atoms with Gasteiger partial charge in [0.15, 0.2) is 6.20 Å². The SMILES string of the molecule is CCCCCCCCCCCCCC[C@@H]1CO[C@H](COCCCCCC[n+]2ccsc2)C1. The van der Waals surface area contributed by atoms with Gasteiger partial charge in [-0.2, -0.15) is 4.57 Å². The molecule has 2 rings (SSSR count). The largest absolute Gasteiger partial charge is 0.379 e. The average Bonchev–Trinajstić information content (AvgIpc) is 3.48. The molecule has 1 aliphatic rings. The maximum absolute atomic E-state index is 5.98. The van der Waals surface area contributed by atoms with E-state index in [0.29, 0.717) is 6.10 Å². The maximum atomic E-state index is 5.98. The molecule has 4 heteroatoms. The van der Waals surface area contributed by atoms with Crippen molar-refractivity contribution in [2.24, 2.45) is 5.92 Å². The van der Waals surface area contributed by atoms with Gasteiger partial charge >= 0.3 is 0 Å². The summed E-state index contributed by atoms with van der Waals surface area (Å²) in [7, 11) is 0. The zero-order chi connectivity index (χ0) is 22.5. The lowest BCUT2D eigenvalue weighted by Crippen LogP contribution is -2.29. The molecule has 1 aromatic rings. The number of hydrogen-bond donors (Lipinski definition) is 0. The number of unbranched alkanes of at least 4 members (excludes halogenated alkanes) is 14. The molecule has 186 valence electrons. The second-order valence-electron chi connectivity index (χ2n) is 9.99. The van der Waals surface area contributed by atoms with Gasteiger partial charge in [0, 0.05) is 19.6 Å². The predicted molar refractivity (Wildman–Crippen MR) is 137 cm³/mol. The number of rotatable bonds is 22. The number of hydrogen-bond acceptors (Lipinski definition) is 3. The number of aromatic nitrogens is 1. The van der Waals surface area contributed by atoms with E-state index in [1.54, 1.807) is 11.3 Å². The zero-order valence-electron chi connectivity index (χ0n) is 21.1. The third-order valence-electron chi connectivity index (χ3n) is 6.92. The van der Waals surface area contributed by atoms with Crippen LogP contribution in [0.5, 0.6) is 0 Å².